The van der Waals surface area contributed by atoms with Gasteiger partial charge >= 0.3 is 0 Å². The zero-order chi connectivity index (χ0) is 14.9. The molecule has 0 spiro atoms. The second-order valence-corrected chi connectivity index (χ2v) is 6.00. The first kappa shape index (κ1) is 14.9. The molecule has 0 saturated heterocycles. The van der Waals surface area contributed by atoms with Crippen LogP contribution < -0.4 is 4.74 Å². The summed E-state index contributed by atoms with van der Waals surface area (Å²) in [5.74, 6) is 0.786. The van der Waals surface area contributed by atoms with Crippen LogP contribution in [0.5, 0.6) is 5.75 Å². The molecule has 1 atom stereocenters. The van der Waals surface area contributed by atoms with Gasteiger partial charge in [0.2, 0.25) is 0 Å². The Morgan fingerprint density at radius 2 is 2.00 bits per heavy atom. The van der Waals surface area contributed by atoms with E-state index in [9.17, 15) is 5.11 Å². The molecule has 20 heavy (non-hydrogen) atoms. The third-order valence-corrected chi connectivity index (χ3v) is 3.89. The van der Waals surface area contributed by atoms with Gasteiger partial charge in [0.15, 0.2) is 5.75 Å². The Morgan fingerprint density at radius 1 is 1.30 bits per heavy atom. The highest BCUT2D eigenvalue weighted by Gasteiger charge is 2.28. The van der Waals surface area contributed by atoms with Crippen LogP contribution in [-0.2, 0) is 0 Å². The Hall–Kier alpha value is -1.47. The summed E-state index contributed by atoms with van der Waals surface area (Å²) in [6.45, 7) is 8.09. The van der Waals surface area contributed by atoms with E-state index in [0.717, 1.165) is 10.6 Å². The molecule has 0 saturated carbocycles. The van der Waals surface area contributed by atoms with Crippen molar-refractivity contribution in [2.45, 2.75) is 45.8 Å². The average molecular weight is 296 g/mol. The lowest BCUT2D eigenvalue weighted by Gasteiger charge is -2.17. The predicted molar refractivity (Wildman–Crippen MR) is 77.2 cm³/mol. The van der Waals surface area contributed by atoms with Crippen LogP contribution in [0.3, 0.4) is 0 Å². The summed E-state index contributed by atoms with van der Waals surface area (Å²) in [4.78, 5) is 0.751. The minimum Gasteiger partial charge on any atom is -0.493 e. The summed E-state index contributed by atoms with van der Waals surface area (Å²) in [5.41, 5.74) is 1.47. The fourth-order valence-corrected chi connectivity index (χ4v) is 2.90. The number of nitrogens with zero attached hydrogens (tertiary/aromatic N) is 4. The largest absolute Gasteiger partial charge is 0.493 e. The fourth-order valence-electron chi connectivity index (χ4n) is 2.10. The van der Waals surface area contributed by atoms with Gasteiger partial charge in [-0.05, 0) is 31.3 Å². The molecule has 0 bridgehead atoms. The second kappa shape index (κ2) is 5.88. The summed E-state index contributed by atoms with van der Waals surface area (Å²) in [7, 11) is 1.58. The smallest absolute Gasteiger partial charge is 0.163 e. The zero-order valence-corrected chi connectivity index (χ0v) is 13.2. The highest BCUT2D eigenvalue weighted by Crippen LogP contribution is 2.36. The first-order valence-electron chi connectivity index (χ1n) is 6.58. The average Bonchev–Trinajstić information content (AvgIpc) is 3.04. The Morgan fingerprint density at radius 3 is 2.55 bits per heavy atom. The van der Waals surface area contributed by atoms with Crippen molar-refractivity contribution in [1.82, 2.24) is 19.4 Å². The number of aromatic nitrogens is 4. The van der Waals surface area contributed by atoms with Gasteiger partial charge in [0.25, 0.3) is 0 Å². The van der Waals surface area contributed by atoms with Crippen molar-refractivity contribution in [3.05, 3.63) is 22.5 Å². The SMILES string of the molecule is COc1cnn(C(C)C)c1C(O)c1snnc1C(C)C. The molecule has 1 unspecified atom stereocenters. The van der Waals surface area contributed by atoms with Crippen molar-refractivity contribution in [2.75, 3.05) is 7.11 Å². The number of rotatable bonds is 5. The highest BCUT2D eigenvalue weighted by atomic mass is 32.1. The molecular formula is C13H20N4O2S. The van der Waals surface area contributed by atoms with Gasteiger partial charge in [-0.25, -0.2) is 0 Å². The van der Waals surface area contributed by atoms with Gasteiger partial charge in [-0.3, -0.25) is 4.68 Å². The van der Waals surface area contributed by atoms with E-state index in [-0.39, 0.29) is 12.0 Å². The summed E-state index contributed by atoms with van der Waals surface area (Å²) in [6, 6.07) is 0.131. The van der Waals surface area contributed by atoms with Crippen LogP contribution in [0.2, 0.25) is 0 Å². The quantitative estimate of drug-likeness (QED) is 0.918. The molecule has 2 aromatic rings. The summed E-state index contributed by atoms with van der Waals surface area (Å²) in [5, 5.41) is 19.1. The molecule has 0 aliphatic rings. The molecule has 110 valence electrons. The first-order chi connectivity index (χ1) is 9.47. The molecule has 0 radical (unpaired) electrons. The molecule has 2 rings (SSSR count). The Balaban J connectivity index is 2.49. The molecule has 2 aromatic heterocycles. The first-order valence-corrected chi connectivity index (χ1v) is 7.36. The Kier molecular flexibility index (Phi) is 4.39. The molecule has 0 aliphatic carbocycles. The molecule has 0 amide bonds. The number of hydrogen-bond donors (Lipinski definition) is 1. The molecule has 6 nitrogen and oxygen atoms in total. The number of methoxy groups -OCH3 is 1. The van der Waals surface area contributed by atoms with Gasteiger partial charge < -0.3 is 9.84 Å². The maximum absolute atomic E-state index is 10.7. The fraction of sp³-hybridized carbons (Fsp3) is 0.615. The van der Waals surface area contributed by atoms with Crippen molar-refractivity contribution in [3.8, 4) is 5.75 Å². The van der Waals surface area contributed by atoms with Crippen molar-refractivity contribution in [3.63, 3.8) is 0 Å². The van der Waals surface area contributed by atoms with Crippen LogP contribution in [0.15, 0.2) is 6.20 Å². The second-order valence-electron chi connectivity index (χ2n) is 5.22. The van der Waals surface area contributed by atoms with E-state index in [1.807, 2.05) is 27.7 Å². The van der Waals surface area contributed by atoms with E-state index in [1.165, 1.54) is 11.5 Å². The molecular weight excluding hydrogens is 276 g/mol. The van der Waals surface area contributed by atoms with Crippen molar-refractivity contribution < 1.29 is 9.84 Å². The molecule has 0 aromatic carbocycles. The van der Waals surface area contributed by atoms with E-state index < -0.39 is 6.10 Å². The number of aliphatic hydroxyl groups excluding tert-OH is 1. The van der Waals surface area contributed by atoms with Crippen LogP contribution >= 0.6 is 11.5 Å². The monoisotopic (exact) mass is 296 g/mol. The number of ether oxygens (including phenoxy) is 1. The highest BCUT2D eigenvalue weighted by molar-refractivity contribution is 7.05. The van der Waals surface area contributed by atoms with Crippen LogP contribution in [0.4, 0.5) is 0 Å². The minimum absolute atomic E-state index is 0.131. The van der Waals surface area contributed by atoms with Crippen molar-refractivity contribution >= 4 is 11.5 Å². The Bertz CT molecular complexity index is 577. The van der Waals surface area contributed by atoms with Gasteiger partial charge in [0.1, 0.15) is 11.8 Å². The Labute approximate surface area is 122 Å². The summed E-state index contributed by atoms with van der Waals surface area (Å²) < 4.78 is 11.1. The topological polar surface area (TPSA) is 73.1 Å². The molecule has 2 heterocycles. The third-order valence-electron chi connectivity index (χ3n) is 3.10. The van der Waals surface area contributed by atoms with Gasteiger partial charge in [0.05, 0.1) is 23.9 Å². The molecule has 0 fully saturated rings. The maximum atomic E-state index is 10.7. The lowest BCUT2D eigenvalue weighted by molar-refractivity contribution is 0.201. The predicted octanol–water partition coefficient (Wildman–Crippen LogP) is 2.53. The van der Waals surface area contributed by atoms with E-state index in [4.69, 9.17) is 4.74 Å². The van der Waals surface area contributed by atoms with Gasteiger partial charge in [-0.2, -0.15) is 5.10 Å². The van der Waals surface area contributed by atoms with Crippen molar-refractivity contribution in [1.29, 1.82) is 0 Å². The van der Waals surface area contributed by atoms with Crippen LogP contribution in [0, 0.1) is 0 Å². The number of hydrogen-bond acceptors (Lipinski definition) is 6. The maximum Gasteiger partial charge on any atom is 0.163 e. The minimum atomic E-state index is -0.827. The van der Waals surface area contributed by atoms with Crippen LogP contribution in [0.25, 0.3) is 0 Å². The van der Waals surface area contributed by atoms with Crippen LogP contribution in [0.1, 0.15) is 62.0 Å². The zero-order valence-electron chi connectivity index (χ0n) is 12.4. The lowest BCUT2D eigenvalue weighted by Crippen LogP contribution is -2.13. The van der Waals surface area contributed by atoms with E-state index >= 15 is 0 Å². The van der Waals surface area contributed by atoms with Crippen molar-refractivity contribution in [2.24, 2.45) is 0 Å². The lowest BCUT2D eigenvalue weighted by atomic mass is 10.1. The molecule has 0 aliphatic heterocycles. The van der Waals surface area contributed by atoms with E-state index in [2.05, 4.69) is 14.7 Å². The van der Waals surface area contributed by atoms with Gasteiger partial charge in [-0.15, -0.1) is 5.10 Å². The standard InChI is InChI=1S/C13H20N4O2S/c1-7(2)10-13(20-16-15-10)12(18)11-9(19-5)6-14-17(11)8(3)4/h6-8,12,18H,1-5H3. The normalized spacial score (nSPS) is 13.2. The summed E-state index contributed by atoms with van der Waals surface area (Å²) in [6.07, 6.45) is 0.800. The molecule has 7 heteroatoms. The molecule has 1 N–H and O–H groups in total. The van der Waals surface area contributed by atoms with Crippen LogP contribution in [-0.4, -0.2) is 31.6 Å². The third kappa shape index (κ3) is 2.55. The van der Waals surface area contributed by atoms with Gasteiger partial charge in [0, 0.05) is 6.04 Å². The van der Waals surface area contributed by atoms with E-state index in [1.54, 1.807) is 18.0 Å². The van der Waals surface area contributed by atoms with E-state index in [0.29, 0.717) is 11.4 Å². The van der Waals surface area contributed by atoms with Gasteiger partial charge in [-0.1, -0.05) is 18.3 Å². The number of aliphatic hydroxyl groups is 1. The summed E-state index contributed by atoms with van der Waals surface area (Å²) >= 11 is 1.22.